The Bertz CT molecular complexity index is 916. The fourth-order valence-corrected chi connectivity index (χ4v) is 4.46. The summed E-state index contributed by atoms with van der Waals surface area (Å²) < 4.78 is 0. The third-order valence-electron chi connectivity index (χ3n) is 6.05. The average molecular weight is 411 g/mol. The fourth-order valence-electron chi connectivity index (χ4n) is 4.29. The third kappa shape index (κ3) is 4.71. The molecule has 0 radical (unpaired) electrons. The molecule has 0 saturated carbocycles. The zero-order valence-electron chi connectivity index (χ0n) is 17.1. The molecule has 2 aromatic carbocycles. The standard InChI is InChI=1S/C24H28ClN3O/c1-16(2)24(29)27-21-5-3-4-18(12-21)17-8-10-28(11-9-17)15-19-14-26-23-13-20(25)6-7-22(19)23/h3-7,12-14,16-17,19H,8-11,15H2,1-2H3,(H,27,29)/p+1. The second kappa shape index (κ2) is 8.68. The number of piperidine rings is 1. The highest BCUT2D eigenvalue weighted by Crippen LogP contribution is 2.32. The number of nitrogens with one attached hydrogen (secondary N) is 2. The molecule has 1 atom stereocenters. The lowest BCUT2D eigenvalue weighted by Crippen LogP contribution is -2.59. The number of carbonyl (C=O) groups excluding carboxylic acids is 1. The van der Waals surface area contributed by atoms with Gasteiger partial charge in [0.2, 0.25) is 11.6 Å². The van der Waals surface area contributed by atoms with E-state index in [-0.39, 0.29) is 11.8 Å². The van der Waals surface area contributed by atoms with Gasteiger partial charge in [-0.05, 0) is 55.6 Å². The normalized spacial score (nSPS) is 19.5. The van der Waals surface area contributed by atoms with Gasteiger partial charge in [0.05, 0.1) is 5.92 Å². The maximum Gasteiger partial charge on any atom is 0.226 e. The van der Waals surface area contributed by atoms with Crippen molar-refractivity contribution in [3.05, 3.63) is 58.6 Å². The number of halogens is 1. The summed E-state index contributed by atoms with van der Waals surface area (Å²) in [5.74, 6) is 1.03. The van der Waals surface area contributed by atoms with Gasteiger partial charge in [0.15, 0.2) is 6.21 Å². The van der Waals surface area contributed by atoms with Gasteiger partial charge < -0.3 is 10.2 Å². The van der Waals surface area contributed by atoms with Crippen molar-refractivity contribution in [2.24, 2.45) is 5.92 Å². The molecule has 2 aromatic rings. The lowest BCUT2D eigenvalue weighted by Gasteiger charge is -2.33. The summed E-state index contributed by atoms with van der Waals surface area (Å²) in [5.41, 5.74) is 4.72. The molecule has 2 aliphatic heterocycles. The van der Waals surface area contributed by atoms with Gasteiger partial charge in [-0.25, -0.2) is 4.99 Å². The van der Waals surface area contributed by atoms with Crippen LogP contribution in [0.1, 0.15) is 49.7 Å². The van der Waals surface area contributed by atoms with Gasteiger partial charge in [0.25, 0.3) is 0 Å². The Morgan fingerprint density at radius 2 is 2.00 bits per heavy atom. The molecule has 1 unspecified atom stereocenters. The van der Waals surface area contributed by atoms with Crippen LogP contribution in [-0.2, 0) is 4.79 Å². The van der Waals surface area contributed by atoms with Crippen molar-refractivity contribution in [2.75, 3.05) is 25.0 Å². The molecule has 1 saturated heterocycles. The second-order valence-corrected chi connectivity index (χ2v) is 8.93. The van der Waals surface area contributed by atoms with Gasteiger partial charge in [-0.1, -0.05) is 43.6 Å². The predicted octanol–water partition coefficient (Wildman–Crippen LogP) is 3.69. The highest BCUT2D eigenvalue weighted by atomic mass is 35.5. The van der Waals surface area contributed by atoms with Gasteiger partial charge >= 0.3 is 0 Å². The molecule has 0 aliphatic carbocycles. The van der Waals surface area contributed by atoms with E-state index in [1.807, 2.05) is 32.0 Å². The molecule has 2 N–H and O–H groups in total. The number of anilines is 1. The van der Waals surface area contributed by atoms with Gasteiger partial charge in [-0.15, -0.1) is 0 Å². The first-order valence-corrected chi connectivity index (χ1v) is 10.9. The smallest absolute Gasteiger partial charge is 0.226 e. The maximum absolute atomic E-state index is 12.0. The summed E-state index contributed by atoms with van der Waals surface area (Å²) in [7, 11) is 0. The quantitative estimate of drug-likeness (QED) is 0.789. The highest BCUT2D eigenvalue weighted by Gasteiger charge is 2.29. The zero-order chi connectivity index (χ0) is 20.4. The Morgan fingerprint density at radius 1 is 1.21 bits per heavy atom. The summed E-state index contributed by atoms with van der Waals surface area (Å²) in [6.07, 6.45) is 4.48. The molecule has 5 heteroatoms. The SMILES string of the molecule is CC(C)C(=O)Nc1cccc(C2CCN(CC3C=[NH+]c4cc(Cl)ccc43)CC2)c1. The van der Waals surface area contributed by atoms with E-state index in [9.17, 15) is 4.79 Å². The van der Waals surface area contributed by atoms with Crippen LogP contribution in [0.15, 0.2) is 42.5 Å². The Kier molecular flexibility index (Phi) is 6.02. The molecule has 29 heavy (non-hydrogen) atoms. The molecule has 1 fully saturated rings. The predicted molar refractivity (Wildman–Crippen MR) is 119 cm³/mol. The van der Waals surface area contributed by atoms with Crippen LogP contribution in [-0.4, -0.2) is 36.7 Å². The molecule has 4 rings (SSSR count). The van der Waals surface area contributed by atoms with Crippen molar-refractivity contribution in [2.45, 2.75) is 38.5 Å². The van der Waals surface area contributed by atoms with Crippen molar-refractivity contribution in [1.82, 2.24) is 4.90 Å². The van der Waals surface area contributed by atoms with E-state index in [1.165, 1.54) is 11.1 Å². The van der Waals surface area contributed by atoms with E-state index in [2.05, 4.69) is 45.7 Å². The number of nitrogens with zero attached hydrogens (tertiary/aromatic N) is 1. The number of likely N-dealkylation sites (tertiary alicyclic amines) is 1. The Balaban J connectivity index is 1.34. The summed E-state index contributed by atoms with van der Waals surface area (Å²) in [5, 5.41) is 3.80. The largest absolute Gasteiger partial charge is 0.326 e. The molecule has 0 bridgehead atoms. The van der Waals surface area contributed by atoms with Crippen molar-refractivity contribution in [1.29, 1.82) is 0 Å². The number of rotatable bonds is 5. The first-order chi connectivity index (χ1) is 14.0. The number of fused-ring (bicyclic) bond motifs is 1. The van der Waals surface area contributed by atoms with Gasteiger partial charge in [-0.3, -0.25) is 4.79 Å². The Labute approximate surface area is 178 Å². The van der Waals surface area contributed by atoms with E-state index in [0.29, 0.717) is 11.8 Å². The van der Waals surface area contributed by atoms with E-state index < -0.39 is 0 Å². The molecule has 0 aromatic heterocycles. The van der Waals surface area contributed by atoms with E-state index in [4.69, 9.17) is 11.6 Å². The molecule has 2 aliphatic rings. The number of benzene rings is 2. The number of carbonyl (C=O) groups is 1. The lowest BCUT2D eigenvalue weighted by atomic mass is 9.88. The van der Waals surface area contributed by atoms with Crippen LogP contribution in [0.3, 0.4) is 0 Å². The van der Waals surface area contributed by atoms with Gasteiger partial charge in [-0.2, -0.15) is 0 Å². The van der Waals surface area contributed by atoms with Crippen molar-refractivity contribution in [3.63, 3.8) is 0 Å². The molecule has 4 nitrogen and oxygen atoms in total. The fraction of sp³-hybridized carbons (Fsp3) is 0.417. The first-order valence-electron chi connectivity index (χ1n) is 10.5. The number of hydrogen-bond acceptors (Lipinski definition) is 2. The van der Waals surface area contributed by atoms with Crippen LogP contribution < -0.4 is 10.3 Å². The maximum atomic E-state index is 12.0. The molecular formula is C24H29ClN3O+. The summed E-state index contributed by atoms with van der Waals surface area (Å²) in [4.78, 5) is 17.9. The van der Waals surface area contributed by atoms with Gasteiger partial charge in [0.1, 0.15) is 0 Å². The molecule has 152 valence electrons. The topological polar surface area (TPSA) is 46.3 Å². The van der Waals surface area contributed by atoms with Crippen molar-refractivity contribution < 1.29 is 9.79 Å². The van der Waals surface area contributed by atoms with Gasteiger partial charge in [0, 0.05) is 34.8 Å². The van der Waals surface area contributed by atoms with Crippen molar-refractivity contribution in [3.8, 4) is 0 Å². The summed E-state index contributed by atoms with van der Waals surface area (Å²) >= 11 is 6.10. The number of hydrogen-bond donors (Lipinski definition) is 2. The van der Waals surface area contributed by atoms with Crippen LogP contribution in [0, 0.1) is 5.92 Å². The highest BCUT2D eigenvalue weighted by molar-refractivity contribution is 6.30. The average Bonchev–Trinajstić information content (AvgIpc) is 3.10. The van der Waals surface area contributed by atoms with Crippen LogP contribution in [0.4, 0.5) is 11.4 Å². The Hall–Kier alpha value is -2.17. The first kappa shape index (κ1) is 20.1. The Morgan fingerprint density at radius 3 is 2.76 bits per heavy atom. The lowest BCUT2D eigenvalue weighted by molar-refractivity contribution is -0.344. The van der Waals surface area contributed by atoms with Crippen LogP contribution in [0.25, 0.3) is 0 Å². The van der Waals surface area contributed by atoms with E-state index >= 15 is 0 Å². The minimum Gasteiger partial charge on any atom is -0.326 e. The van der Waals surface area contributed by atoms with E-state index in [1.54, 1.807) is 0 Å². The third-order valence-corrected chi connectivity index (χ3v) is 6.28. The van der Waals surface area contributed by atoms with Crippen LogP contribution >= 0.6 is 11.6 Å². The minimum absolute atomic E-state index is 0.00932. The summed E-state index contributed by atoms with van der Waals surface area (Å²) in [6, 6.07) is 14.5. The van der Waals surface area contributed by atoms with E-state index in [0.717, 1.165) is 48.9 Å². The zero-order valence-corrected chi connectivity index (χ0v) is 17.9. The molecular weight excluding hydrogens is 382 g/mol. The van der Waals surface area contributed by atoms with Crippen molar-refractivity contribution >= 4 is 35.1 Å². The monoisotopic (exact) mass is 410 g/mol. The van der Waals surface area contributed by atoms with Crippen LogP contribution in [0.5, 0.6) is 0 Å². The molecule has 1 amide bonds. The molecule has 2 heterocycles. The summed E-state index contributed by atoms with van der Waals surface area (Å²) in [6.45, 7) is 7.07. The molecule has 0 spiro atoms. The second-order valence-electron chi connectivity index (χ2n) is 8.49. The minimum atomic E-state index is -0.00932. The van der Waals surface area contributed by atoms with Crippen LogP contribution in [0.2, 0.25) is 5.02 Å². The number of amides is 1.